The topological polar surface area (TPSA) is 90.7 Å². The van der Waals surface area contributed by atoms with Gasteiger partial charge >= 0.3 is 0 Å². The number of nitro benzene ring substituents is 1. The lowest BCUT2D eigenvalue weighted by molar-refractivity contribution is -0.385. The first-order valence-corrected chi connectivity index (χ1v) is 8.12. The van der Waals surface area contributed by atoms with E-state index in [1.807, 2.05) is 0 Å². The molecule has 0 aliphatic carbocycles. The van der Waals surface area contributed by atoms with Crippen LogP contribution in [-0.2, 0) is 0 Å². The van der Waals surface area contributed by atoms with Gasteiger partial charge in [0.05, 0.1) is 30.9 Å². The van der Waals surface area contributed by atoms with Crippen LogP contribution in [-0.4, -0.2) is 25.1 Å². The number of hydrogen-bond donors (Lipinski definition) is 1. The molecule has 0 spiro atoms. The molecule has 24 heavy (non-hydrogen) atoms. The summed E-state index contributed by atoms with van der Waals surface area (Å²) in [4.78, 5) is 23.1. The van der Waals surface area contributed by atoms with Crippen molar-refractivity contribution in [1.29, 1.82) is 0 Å². The van der Waals surface area contributed by atoms with Gasteiger partial charge in [0.2, 0.25) is 0 Å². The maximum Gasteiger partial charge on any atom is 0.286 e. The monoisotopic (exact) mass is 458 g/mol. The van der Waals surface area contributed by atoms with Gasteiger partial charge in [-0.15, -0.1) is 0 Å². The Kier molecular flexibility index (Phi) is 5.79. The number of rotatable bonds is 5. The van der Waals surface area contributed by atoms with Crippen molar-refractivity contribution >= 4 is 49.1 Å². The number of nitrogens with zero attached hydrogens (tertiary/aromatic N) is 1. The fourth-order valence-electron chi connectivity index (χ4n) is 1.98. The molecule has 0 aliphatic heterocycles. The molecule has 0 aromatic heterocycles. The van der Waals surface area contributed by atoms with Gasteiger partial charge in [0.1, 0.15) is 5.56 Å². The molecule has 0 saturated heterocycles. The number of benzene rings is 2. The van der Waals surface area contributed by atoms with Crippen LogP contribution >= 0.6 is 31.9 Å². The number of halogens is 2. The molecule has 1 N–H and O–H groups in total. The highest BCUT2D eigenvalue weighted by Gasteiger charge is 2.25. The van der Waals surface area contributed by atoms with Crippen LogP contribution in [0.2, 0.25) is 0 Å². The Labute approximate surface area is 154 Å². The van der Waals surface area contributed by atoms with Gasteiger partial charge in [-0.25, -0.2) is 0 Å². The minimum atomic E-state index is -0.645. The van der Waals surface area contributed by atoms with Gasteiger partial charge in [-0.05, 0) is 34.1 Å². The number of anilines is 1. The van der Waals surface area contributed by atoms with E-state index in [2.05, 4.69) is 37.2 Å². The first-order valence-electron chi connectivity index (χ1n) is 6.54. The van der Waals surface area contributed by atoms with Crippen LogP contribution < -0.4 is 14.8 Å². The highest BCUT2D eigenvalue weighted by atomic mass is 79.9. The fraction of sp³-hybridized carbons (Fsp3) is 0.133. The maximum absolute atomic E-state index is 12.5. The zero-order valence-corrected chi connectivity index (χ0v) is 15.8. The largest absolute Gasteiger partial charge is 0.493 e. The Balaban J connectivity index is 2.45. The van der Waals surface area contributed by atoms with Crippen LogP contribution in [0.4, 0.5) is 11.4 Å². The van der Waals surface area contributed by atoms with Gasteiger partial charge in [-0.2, -0.15) is 0 Å². The number of nitro groups is 1. The highest BCUT2D eigenvalue weighted by Crippen LogP contribution is 2.35. The third-order valence-corrected chi connectivity index (χ3v) is 4.27. The molecule has 0 radical (unpaired) electrons. The van der Waals surface area contributed by atoms with Crippen molar-refractivity contribution in [2.24, 2.45) is 0 Å². The van der Waals surface area contributed by atoms with Gasteiger partial charge in [-0.3, -0.25) is 14.9 Å². The van der Waals surface area contributed by atoms with E-state index in [0.29, 0.717) is 10.2 Å². The second-order valence-corrected chi connectivity index (χ2v) is 6.33. The van der Waals surface area contributed by atoms with Crippen molar-refractivity contribution in [3.63, 3.8) is 0 Å². The summed E-state index contributed by atoms with van der Waals surface area (Å²) in [6.45, 7) is 0. The first-order chi connectivity index (χ1) is 11.4. The molecule has 0 bridgehead atoms. The molecule has 0 atom stereocenters. The lowest BCUT2D eigenvalue weighted by Gasteiger charge is -2.11. The predicted octanol–water partition coefficient (Wildman–Crippen LogP) is 4.39. The zero-order valence-electron chi connectivity index (χ0n) is 12.6. The summed E-state index contributed by atoms with van der Waals surface area (Å²) >= 11 is 6.63. The van der Waals surface area contributed by atoms with Crippen LogP contribution in [0, 0.1) is 10.1 Å². The van der Waals surface area contributed by atoms with Gasteiger partial charge in [0.15, 0.2) is 11.5 Å². The maximum atomic E-state index is 12.5. The molecule has 0 saturated carbocycles. The number of ether oxygens (including phenoxy) is 2. The normalized spacial score (nSPS) is 10.2. The molecule has 0 aliphatic rings. The third kappa shape index (κ3) is 3.85. The lowest BCUT2D eigenvalue weighted by Crippen LogP contribution is -2.14. The fourth-order valence-corrected chi connectivity index (χ4v) is 3.13. The number of hydrogen-bond acceptors (Lipinski definition) is 5. The quantitative estimate of drug-likeness (QED) is 0.528. The van der Waals surface area contributed by atoms with Gasteiger partial charge < -0.3 is 14.8 Å². The molecule has 0 heterocycles. The predicted molar refractivity (Wildman–Crippen MR) is 96.0 cm³/mol. The number of carbonyl (C=O) groups is 1. The molecule has 9 heteroatoms. The standard InChI is InChI=1S/C15H12Br2N2O5/c1-23-13-6-9(12(19(21)22)7-14(13)24-2)15(20)18-11-4-3-8(16)5-10(11)17/h3-7H,1-2H3,(H,18,20). The molecule has 2 aromatic rings. The lowest BCUT2D eigenvalue weighted by atomic mass is 10.1. The molecular weight excluding hydrogens is 448 g/mol. The van der Waals surface area contributed by atoms with Crippen LogP contribution in [0.1, 0.15) is 10.4 Å². The van der Waals surface area contributed by atoms with Crippen molar-refractivity contribution in [3.8, 4) is 11.5 Å². The third-order valence-electron chi connectivity index (χ3n) is 3.12. The van der Waals surface area contributed by atoms with Gasteiger partial charge in [-0.1, -0.05) is 15.9 Å². The second-order valence-electron chi connectivity index (χ2n) is 4.56. The highest BCUT2D eigenvalue weighted by molar-refractivity contribution is 9.11. The van der Waals surface area contributed by atoms with E-state index < -0.39 is 10.8 Å². The summed E-state index contributed by atoms with van der Waals surface area (Å²) in [6.07, 6.45) is 0. The molecule has 126 valence electrons. The Morgan fingerprint density at radius 2 is 1.75 bits per heavy atom. The van der Waals surface area contributed by atoms with E-state index in [1.165, 1.54) is 20.3 Å². The van der Waals surface area contributed by atoms with E-state index in [4.69, 9.17) is 9.47 Å². The second kappa shape index (κ2) is 7.63. The van der Waals surface area contributed by atoms with E-state index in [9.17, 15) is 14.9 Å². The summed E-state index contributed by atoms with van der Waals surface area (Å²) in [6, 6.07) is 7.59. The van der Waals surface area contributed by atoms with E-state index in [0.717, 1.165) is 10.5 Å². The number of nitrogens with one attached hydrogen (secondary N) is 1. The van der Waals surface area contributed by atoms with Crippen molar-refractivity contribution in [2.75, 3.05) is 19.5 Å². The Bertz CT molecular complexity index is 811. The SMILES string of the molecule is COc1cc(C(=O)Nc2ccc(Br)cc2Br)c([N+](=O)[O-])cc1OC. The molecule has 1 amide bonds. The average Bonchev–Trinajstić information content (AvgIpc) is 2.55. The van der Waals surface area contributed by atoms with Crippen molar-refractivity contribution < 1.29 is 19.2 Å². The van der Waals surface area contributed by atoms with Crippen molar-refractivity contribution in [2.45, 2.75) is 0 Å². The van der Waals surface area contributed by atoms with Gasteiger partial charge in [0, 0.05) is 15.0 Å². The molecule has 0 fully saturated rings. The van der Waals surface area contributed by atoms with E-state index in [-0.39, 0.29) is 22.7 Å². The van der Waals surface area contributed by atoms with Crippen molar-refractivity contribution in [1.82, 2.24) is 0 Å². The van der Waals surface area contributed by atoms with E-state index in [1.54, 1.807) is 18.2 Å². The molecule has 2 rings (SSSR count). The van der Waals surface area contributed by atoms with Crippen molar-refractivity contribution in [3.05, 3.63) is 55.0 Å². The van der Waals surface area contributed by atoms with Gasteiger partial charge in [0.25, 0.3) is 11.6 Å². The van der Waals surface area contributed by atoms with Crippen LogP contribution in [0.15, 0.2) is 39.3 Å². The smallest absolute Gasteiger partial charge is 0.286 e. The average molecular weight is 460 g/mol. The Morgan fingerprint density at radius 3 is 2.29 bits per heavy atom. The summed E-state index contributed by atoms with van der Waals surface area (Å²) in [5.41, 5.74) is -0.0295. The zero-order chi connectivity index (χ0) is 17.9. The Morgan fingerprint density at radius 1 is 1.12 bits per heavy atom. The van der Waals surface area contributed by atoms with Crippen LogP contribution in [0.5, 0.6) is 11.5 Å². The minimum absolute atomic E-state index is 0.132. The van der Waals surface area contributed by atoms with Crippen LogP contribution in [0.25, 0.3) is 0 Å². The summed E-state index contributed by atoms with van der Waals surface area (Å²) < 4.78 is 11.6. The summed E-state index contributed by atoms with van der Waals surface area (Å²) in [7, 11) is 2.75. The van der Waals surface area contributed by atoms with E-state index >= 15 is 0 Å². The first kappa shape index (κ1) is 18.2. The number of methoxy groups -OCH3 is 2. The number of amides is 1. The minimum Gasteiger partial charge on any atom is -0.493 e. The molecular formula is C15H12Br2N2O5. The number of carbonyl (C=O) groups excluding carboxylic acids is 1. The Hall–Kier alpha value is -2.13. The molecule has 7 nitrogen and oxygen atoms in total. The van der Waals surface area contributed by atoms with Crippen LogP contribution in [0.3, 0.4) is 0 Å². The molecule has 2 aromatic carbocycles. The molecule has 0 unspecified atom stereocenters. The summed E-state index contributed by atoms with van der Waals surface area (Å²) in [5, 5.41) is 13.9. The summed E-state index contributed by atoms with van der Waals surface area (Å²) in [5.74, 6) is -0.237.